The fourth-order valence-electron chi connectivity index (χ4n) is 1.26. The summed E-state index contributed by atoms with van der Waals surface area (Å²) in [5, 5.41) is 9.53. The molecule has 0 aromatic rings. The van der Waals surface area contributed by atoms with Crippen molar-refractivity contribution < 1.29 is 9.84 Å². The summed E-state index contributed by atoms with van der Waals surface area (Å²) < 4.78 is 5.48. The van der Waals surface area contributed by atoms with E-state index in [1.165, 1.54) is 0 Å². The molecule has 0 amide bonds. The van der Waals surface area contributed by atoms with Crippen LogP contribution in [0.3, 0.4) is 0 Å². The highest BCUT2D eigenvalue weighted by Crippen LogP contribution is 2.28. The number of aliphatic hydroxyl groups is 1. The fraction of sp³-hybridized carbons (Fsp3) is 0.600. The lowest BCUT2D eigenvalue weighted by Gasteiger charge is -2.32. The fourth-order valence-corrected chi connectivity index (χ4v) is 1.26. The lowest BCUT2D eigenvalue weighted by molar-refractivity contribution is 0.00977. The van der Waals surface area contributed by atoms with Gasteiger partial charge >= 0.3 is 0 Å². The van der Waals surface area contributed by atoms with Gasteiger partial charge < -0.3 is 9.84 Å². The summed E-state index contributed by atoms with van der Waals surface area (Å²) >= 11 is 0. The van der Waals surface area contributed by atoms with E-state index in [0.717, 1.165) is 0 Å². The molecule has 0 radical (unpaired) electrons. The largest absolute Gasteiger partial charge is 0.490 e. The van der Waals surface area contributed by atoms with E-state index < -0.39 is 6.10 Å². The van der Waals surface area contributed by atoms with E-state index in [2.05, 4.69) is 27.0 Å². The summed E-state index contributed by atoms with van der Waals surface area (Å²) in [7, 11) is 0. The number of hydrogen-bond acceptors (Lipinski definition) is 2. The first-order chi connectivity index (χ1) is 5.52. The molecule has 0 aromatic carbocycles. The van der Waals surface area contributed by atoms with E-state index in [9.17, 15) is 5.11 Å². The molecule has 1 aliphatic rings. The van der Waals surface area contributed by atoms with Gasteiger partial charge in [0.15, 0.2) is 0 Å². The highest BCUT2D eigenvalue weighted by molar-refractivity contribution is 5.26. The Bertz CT molecular complexity index is 206. The first-order valence-corrected chi connectivity index (χ1v) is 4.25. The molecular weight excluding hydrogens is 152 g/mol. The molecule has 0 saturated carbocycles. The van der Waals surface area contributed by atoms with Crippen LogP contribution in [0.5, 0.6) is 0 Å². The molecule has 1 saturated heterocycles. The molecular formula is C10H16O2. The second-order valence-electron chi connectivity index (χ2n) is 3.60. The van der Waals surface area contributed by atoms with Crippen molar-refractivity contribution >= 4 is 0 Å². The Hall–Kier alpha value is -0.760. The number of ether oxygens (including phenoxy) is 1. The quantitative estimate of drug-likeness (QED) is 0.647. The summed E-state index contributed by atoms with van der Waals surface area (Å²) in [5.74, 6) is 0.942. The third-order valence-electron chi connectivity index (χ3n) is 2.25. The van der Waals surface area contributed by atoms with Gasteiger partial charge in [-0.05, 0) is 5.92 Å². The molecule has 68 valence electrons. The maximum Gasteiger partial charge on any atom is 0.117 e. The molecule has 2 heteroatoms. The molecule has 1 fully saturated rings. The van der Waals surface area contributed by atoms with Crippen molar-refractivity contribution in [3.05, 3.63) is 24.5 Å². The molecule has 1 heterocycles. The van der Waals surface area contributed by atoms with Gasteiger partial charge in [-0.1, -0.05) is 27.0 Å². The molecule has 12 heavy (non-hydrogen) atoms. The zero-order valence-corrected chi connectivity index (χ0v) is 7.71. The van der Waals surface area contributed by atoms with Crippen LogP contribution in [0.4, 0.5) is 0 Å². The van der Waals surface area contributed by atoms with Gasteiger partial charge in [-0.25, -0.2) is 0 Å². The molecule has 0 aliphatic carbocycles. The van der Waals surface area contributed by atoms with Gasteiger partial charge in [0.1, 0.15) is 11.9 Å². The highest BCUT2D eigenvalue weighted by Gasteiger charge is 2.28. The Morgan fingerprint density at radius 3 is 2.50 bits per heavy atom. The van der Waals surface area contributed by atoms with Crippen LogP contribution in [0, 0.1) is 5.92 Å². The summed E-state index contributed by atoms with van der Waals surface area (Å²) in [6, 6.07) is 0. The van der Waals surface area contributed by atoms with Crippen LogP contribution >= 0.6 is 0 Å². The Morgan fingerprint density at radius 1 is 1.50 bits per heavy atom. The molecule has 1 aliphatic heterocycles. The van der Waals surface area contributed by atoms with E-state index in [4.69, 9.17) is 4.74 Å². The molecule has 2 nitrogen and oxygen atoms in total. The van der Waals surface area contributed by atoms with Crippen molar-refractivity contribution in [2.24, 2.45) is 5.92 Å². The topological polar surface area (TPSA) is 29.5 Å². The Morgan fingerprint density at radius 2 is 2.08 bits per heavy atom. The minimum Gasteiger partial charge on any atom is -0.490 e. The van der Waals surface area contributed by atoms with Crippen LogP contribution in [-0.2, 0) is 4.74 Å². The van der Waals surface area contributed by atoms with E-state index in [1.54, 1.807) is 0 Å². The monoisotopic (exact) mass is 168 g/mol. The molecule has 0 bridgehead atoms. The minimum absolute atomic E-state index is 0.0815. The zero-order valence-electron chi connectivity index (χ0n) is 7.71. The van der Waals surface area contributed by atoms with Gasteiger partial charge in [-0.15, -0.1) is 0 Å². The van der Waals surface area contributed by atoms with E-state index in [-0.39, 0.29) is 6.10 Å². The van der Waals surface area contributed by atoms with Crippen molar-refractivity contribution in [1.82, 2.24) is 0 Å². The third-order valence-corrected chi connectivity index (χ3v) is 2.25. The summed E-state index contributed by atoms with van der Waals surface area (Å²) in [4.78, 5) is 0. The van der Waals surface area contributed by atoms with Crippen molar-refractivity contribution in [1.29, 1.82) is 0 Å². The first-order valence-electron chi connectivity index (χ1n) is 4.25. The van der Waals surface area contributed by atoms with Crippen molar-refractivity contribution in [3.8, 4) is 0 Å². The molecule has 2 atom stereocenters. The Labute approximate surface area is 73.5 Å². The van der Waals surface area contributed by atoms with Crippen LogP contribution in [0.15, 0.2) is 24.5 Å². The van der Waals surface area contributed by atoms with Crippen LogP contribution in [0.25, 0.3) is 0 Å². The van der Waals surface area contributed by atoms with Gasteiger partial charge in [0.25, 0.3) is 0 Å². The lowest BCUT2D eigenvalue weighted by atomic mass is 9.94. The Balaban J connectivity index is 2.66. The maximum atomic E-state index is 9.53. The highest BCUT2D eigenvalue weighted by atomic mass is 16.5. The standard InChI is InChI=1S/C10H16O2/c1-6(2)10-5-9(11)7(3)8(4)12-10/h6,9-11H,3-5H2,1-2H3. The number of hydrogen-bond donors (Lipinski definition) is 1. The summed E-state index contributed by atoms with van der Waals surface area (Å²) in [6.07, 6.45) is 0.242. The maximum absolute atomic E-state index is 9.53. The molecule has 0 aromatic heterocycles. The normalized spacial score (nSPS) is 30.7. The number of aliphatic hydroxyl groups excluding tert-OH is 1. The molecule has 0 spiro atoms. The second-order valence-corrected chi connectivity index (χ2v) is 3.60. The average Bonchev–Trinajstić information content (AvgIpc) is 1.99. The van der Waals surface area contributed by atoms with Gasteiger partial charge in [0.05, 0.1) is 6.10 Å². The molecule has 1 N–H and O–H groups in total. The van der Waals surface area contributed by atoms with Crippen molar-refractivity contribution in [2.45, 2.75) is 32.5 Å². The smallest absolute Gasteiger partial charge is 0.117 e. The van der Waals surface area contributed by atoms with Crippen LogP contribution < -0.4 is 0 Å². The van der Waals surface area contributed by atoms with Crippen LogP contribution in [0.1, 0.15) is 20.3 Å². The third kappa shape index (κ3) is 1.69. The van der Waals surface area contributed by atoms with Gasteiger partial charge in [0, 0.05) is 12.0 Å². The van der Waals surface area contributed by atoms with Crippen LogP contribution in [0.2, 0.25) is 0 Å². The van der Waals surface area contributed by atoms with Gasteiger partial charge in [-0.3, -0.25) is 0 Å². The zero-order chi connectivity index (χ0) is 9.30. The van der Waals surface area contributed by atoms with Crippen LogP contribution in [-0.4, -0.2) is 17.3 Å². The number of rotatable bonds is 1. The van der Waals surface area contributed by atoms with E-state index >= 15 is 0 Å². The summed E-state index contributed by atoms with van der Waals surface area (Å²) in [6.45, 7) is 11.5. The first kappa shape index (κ1) is 9.33. The minimum atomic E-state index is -0.473. The SMILES string of the molecule is C=C1OC(C(C)C)CC(O)C1=C. The molecule has 2 unspecified atom stereocenters. The second kappa shape index (κ2) is 3.31. The van der Waals surface area contributed by atoms with Gasteiger partial charge in [0.2, 0.25) is 0 Å². The van der Waals surface area contributed by atoms with Crippen molar-refractivity contribution in [3.63, 3.8) is 0 Å². The van der Waals surface area contributed by atoms with E-state index in [1.807, 2.05) is 0 Å². The molecule has 1 rings (SSSR count). The predicted molar refractivity (Wildman–Crippen MR) is 48.6 cm³/mol. The summed E-state index contributed by atoms with van der Waals surface area (Å²) in [5.41, 5.74) is 0.618. The predicted octanol–water partition coefficient (Wildman–Crippen LogP) is 1.86. The van der Waals surface area contributed by atoms with Gasteiger partial charge in [-0.2, -0.15) is 0 Å². The Kier molecular flexibility index (Phi) is 2.58. The van der Waals surface area contributed by atoms with E-state index in [0.29, 0.717) is 23.7 Å². The average molecular weight is 168 g/mol. The lowest BCUT2D eigenvalue weighted by Crippen LogP contribution is -2.32. The van der Waals surface area contributed by atoms with Crippen molar-refractivity contribution in [2.75, 3.05) is 0 Å².